The summed E-state index contributed by atoms with van der Waals surface area (Å²) in [6.45, 7) is 8.98. The molecule has 0 aromatic carbocycles. The second-order valence-corrected chi connectivity index (χ2v) is 16.9. The lowest BCUT2D eigenvalue weighted by Gasteiger charge is -2.18. The molecule has 0 bridgehead atoms. The molecule has 0 saturated carbocycles. The zero-order valence-electron chi connectivity index (χ0n) is 36.7. The molecule has 0 aromatic heterocycles. The standard InChI is InChI=1S/C48H92O6/c1-5-7-9-11-13-15-17-19-23-27-31-35-39-46(49)52-42-45(54-48(51)41-37-33-29-24-20-18-16-14-12-10-8-6-2)43-53-47(50)40-36-32-28-25-21-22-26-30-34-38-44(3)4/h44-45H,5-43H2,1-4H3/t45-/m0/s1. The van der Waals surface area contributed by atoms with Crippen LogP contribution < -0.4 is 0 Å². The monoisotopic (exact) mass is 765 g/mol. The topological polar surface area (TPSA) is 78.9 Å². The summed E-state index contributed by atoms with van der Waals surface area (Å²) in [6.07, 6.45) is 42.2. The Kier molecular flexibility index (Phi) is 41.3. The third-order valence-corrected chi connectivity index (χ3v) is 10.8. The zero-order chi connectivity index (χ0) is 39.6. The normalized spacial score (nSPS) is 11.9. The van der Waals surface area contributed by atoms with Gasteiger partial charge in [-0.1, -0.05) is 227 Å². The Balaban J connectivity index is 4.33. The first-order valence-electron chi connectivity index (χ1n) is 23.9. The van der Waals surface area contributed by atoms with Gasteiger partial charge in [0.25, 0.3) is 0 Å². The molecule has 1 atom stereocenters. The Morgan fingerprint density at radius 2 is 0.611 bits per heavy atom. The van der Waals surface area contributed by atoms with E-state index in [0.29, 0.717) is 19.3 Å². The van der Waals surface area contributed by atoms with Crippen LogP contribution in [-0.4, -0.2) is 37.2 Å². The minimum absolute atomic E-state index is 0.0635. The molecule has 0 spiro atoms. The molecule has 6 heteroatoms. The number of carbonyl (C=O) groups excluding carboxylic acids is 3. The van der Waals surface area contributed by atoms with Crippen LogP contribution in [0.1, 0.15) is 265 Å². The van der Waals surface area contributed by atoms with Gasteiger partial charge in [-0.15, -0.1) is 0 Å². The highest BCUT2D eigenvalue weighted by molar-refractivity contribution is 5.71. The maximum atomic E-state index is 12.7. The number of hydrogen-bond donors (Lipinski definition) is 0. The summed E-state index contributed by atoms with van der Waals surface area (Å²) < 4.78 is 16.7. The van der Waals surface area contributed by atoms with Gasteiger partial charge in [0.05, 0.1) is 0 Å². The van der Waals surface area contributed by atoms with Crippen LogP contribution in [0.3, 0.4) is 0 Å². The quantitative estimate of drug-likeness (QED) is 0.0349. The minimum Gasteiger partial charge on any atom is -0.462 e. The molecular weight excluding hydrogens is 673 g/mol. The Morgan fingerprint density at radius 1 is 0.352 bits per heavy atom. The molecule has 0 heterocycles. The van der Waals surface area contributed by atoms with Gasteiger partial charge in [0, 0.05) is 19.3 Å². The molecule has 0 fully saturated rings. The fourth-order valence-electron chi connectivity index (χ4n) is 7.16. The van der Waals surface area contributed by atoms with Gasteiger partial charge < -0.3 is 14.2 Å². The van der Waals surface area contributed by atoms with Gasteiger partial charge in [0.1, 0.15) is 13.2 Å². The highest BCUT2D eigenvalue weighted by atomic mass is 16.6. The van der Waals surface area contributed by atoms with Crippen molar-refractivity contribution in [2.75, 3.05) is 13.2 Å². The fraction of sp³-hybridized carbons (Fsp3) is 0.938. The molecule has 0 N–H and O–H groups in total. The molecule has 6 nitrogen and oxygen atoms in total. The predicted octanol–water partition coefficient (Wildman–Crippen LogP) is 15.1. The second-order valence-electron chi connectivity index (χ2n) is 16.9. The SMILES string of the molecule is CCCCCCCCCCCCCCC(=O)OC[C@@H](COC(=O)CCCCCCCCCCCC(C)C)OC(=O)CCCCCCCCCCCCCC. The summed E-state index contributed by atoms with van der Waals surface area (Å²) in [7, 11) is 0. The van der Waals surface area contributed by atoms with E-state index >= 15 is 0 Å². The second kappa shape index (κ2) is 42.6. The summed E-state index contributed by atoms with van der Waals surface area (Å²) >= 11 is 0. The van der Waals surface area contributed by atoms with Gasteiger partial charge in [-0.3, -0.25) is 14.4 Å². The summed E-state index contributed by atoms with van der Waals surface area (Å²) in [4.78, 5) is 37.8. The maximum absolute atomic E-state index is 12.7. The fourth-order valence-corrected chi connectivity index (χ4v) is 7.16. The van der Waals surface area contributed by atoms with E-state index < -0.39 is 6.10 Å². The van der Waals surface area contributed by atoms with Crippen LogP contribution in [0.5, 0.6) is 0 Å². The van der Waals surface area contributed by atoms with Crippen LogP contribution in [-0.2, 0) is 28.6 Å². The van der Waals surface area contributed by atoms with Gasteiger partial charge >= 0.3 is 17.9 Å². The lowest BCUT2D eigenvalue weighted by Crippen LogP contribution is -2.30. The van der Waals surface area contributed by atoms with Crippen LogP contribution in [0.2, 0.25) is 0 Å². The average molecular weight is 765 g/mol. The van der Waals surface area contributed by atoms with Crippen LogP contribution in [0, 0.1) is 5.92 Å². The summed E-state index contributed by atoms with van der Waals surface area (Å²) in [6, 6.07) is 0. The lowest BCUT2D eigenvalue weighted by molar-refractivity contribution is -0.167. The van der Waals surface area contributed by atoms with Gasteiger partial charge in [-0.05, 0) is 25.2 Å². The number of ether oxygens (including phenoxy) is 3. The highest BCUT2D eigenvalue weighted by Gasteiger charge is 2.19. The molecular formula is C48H92O6. The number of rotatable bonds is 43. The van der Waals surface area contributed by atoms with E-state index in [2.05, 4.69) is 27.7 Å². The third-order valence-electron chi connectivity index (χ3n) is 10.8. The molecule has 0 saturated heterocycles. The van der Waals surface area contributed by atoms with E-state index in [-0.39, 0.29) is 31.1 Å². The minimum atomic E-state index is -0.759. The van der Waals surface area contributed by atoms with E-state index in [1.807, 2.05) is 0 Å². The number of unbranched alkanes of at least 4 members (excludes halogenated alkanes) is 30. The van der Waals surface area contributed by atoms with Gasteiger partial charge in [-0.25, -0.2) is 0 Å². The molecule has 320 valence electrons. The Morgan fingerprint density at radius 3 is 0.907 bits per heavy atom. The van der Waals surface area contributed by atoms with E-state index in [1.54, 1.807) is 0 Å². The molecule has 0 aliphatic rings. The Bertz CT molecular complexity index is 811. The van der Waals surface area contributed by atoms with E-state index in [9.17, 15) is 14.4 Å². The highest BCUT2D eigenvalue weighted by Crippen LogP contribution is 2.16. The van der Waals surface area contributed by atoms with E-state index in [4.69, 9.17) is 14.2 Å². The number of carbonyl (C=O) groups is 3. The summed E-state index contributed by atoms with van der Waals surface area (Å²) in [5.74, 6) is -0.0427. The van der Waals surface area contributed by atoms with Crippen LogP contribution in [0.15, 0.2) is 0 Å². The first-order chi connectivity index (χ1) is 26.4. The Hall–Kier alpha value is -1.59. The summed E-state index contributed by atoms with van der Waals surface area (Å²) in [5.41, 5.74) is 0. The number of esters is 3. The van der Waals surface area contributed by atoms with Crippen molar-refractivity contribution >= 4 is 17.9 Å². The third kappa shape index (κ3) is 41.6. The smallest absolute Gasteiger partial charge is 0.306 e. The molecule has 0 radical (unpaired) electrons. The maximum Gasteiger partial charge on any atom is 0.306 e. The molecule has 54 heavy (non-hydrogen) atoms. The van der Waals surface area contributed by atoms with Gasteiger partial charge in [0.2, 0.25) is 0 Å². The van der Waals surface area contributed by atoms with Crippen molar-refractivity contribution in [1.29, 1.82) is 0 Å². The molecule has 0 unspecified atom stereocenters. The van der Waals surface area contributed by atoms with Crippen molar-refractivity contribution in [3.05, 3.63) is 0 Å². The first kappa shape index (κ1) is 52.4. The predicted molar refractivity (Wildman–Crippen MR) is 229 cm³/mol. The molecule has 0 rings (SSSR count). The Labute approximate surface area is 336 Å². The van der Waals surface area contributed by atoms with Crippen molar-refractivity contribution in [3.8, 4) is 0 Å². The van der Waals surface area contributed by atoms with Crippen molar-refractivity contribution in [1.82, 2.24) is 0 Å². The van der Waals surface area contributed by atoms with E-state index in [0.717, 1.165) is 63.7 Å². The van der Waals surface area contributed by atoms with Gasteiger partial charge in [-0.2, -0.15) is 0 Å². The van der Waals surface area contributed by atoms with Crippen LogP contribution >= 0.6 is 0 Å². The van der Waals surface area contributed by atoms with Crippen molar-refractivity contribution < 1.29 is 28.6 Å². The van der Waals surface area contributed by atoms with Crippen molar-refractivity contribution in [2.45, 2.75) is 271 Å². The molecule has 0 aliphatic carbocycles. The average Bonchev–Trinajstić information content (AvgIpc) is 3.15. The first-order valence-corrected chi connectivity index (χ1v) is 23.9. The molecule has 0 aliphatic heterocycles. The zero-order valence-corrected chi connectivity index (χ0v) is 36.7. The molecule has 0 aromatic rings. The van der Waals surface area contributed by atoms with E-state index in [1.165, 1.54) is 161 Å². The van der Waals surface area contributed by atoms with Crippen LogP contribution in [0.4, 0.5) is 0 Å². The number of hydrogen-bond acceptors (Lipinski definition) is 6. The summed E-state index contributed by atoms with van der Waals surface area (Å²) in [5, 5.41) is 0. The van der Waals surface area contributed by atoms with Crippen molar-refractivity contribution in [3.63, 3.8) is 0 Å². The van der Waals surface area contributed by atoms with Crippen molar-refractivity contribution in [2.24, 2.45) is 5.92 Å². The largest absolute Gasteiger partial charge is 0.462 e. The van der Waals surface area contributed by atoms with Gasteiger partial charge in [0.15, 0.2) is 6.10 Å². The lowest BCUT2D eigenvalue weighted by atomic mass is 10.0. The molecule has 0 amide bonds. The van der Waals surface area contributed by atoms with Crippen LogP contribution in [0.25, 0.3) is 0 Å².